The number of urea groups is 1. The zero-order chi connectivity index (χ0) is 4.99. The Labute approximate surface area is 59.9 Å². The van der Waals surface area contributed by atoms with Crippen molar-refractivity contribution in [1.29, 1.82) is 0 Å². The standard InChI is InChI=1S/C2H4N2O2.Po.2H/c3-2(6)4-1-5;;;/h1H,(H3,3,4,5,6);;;. The number of aliphatic imine (C=N–C) groups is 1. The number of carbonyl (C=O) groups is 1. The molecule has 0 atom stereocenters. The van der Waals surface area contributed by atoms with Crippen molar-refractivity contribution >= 4 is 39.0 Å². The van der Waals surface area contributed by atoms with Crippen LogP contribution in [0.1, 0.15) is 0 Å². The average molecular weight is 299 g/mol. The Balaban J connectivity index is 0. The molecule has 2 amide bonds. The van der Waals surface area contributed by atoms with Crippen LogP contribution in [0, 0.1) is 0 Å². The average Bonchev–Trinajstić information content (AvgIpc) is 1.35. The third kappa shape index (κ3) is 10.7. The predicted molar refractivity (Wildman–Crippen MR) is 29.2 cm³/mol. The van der Waals surface area contributed by atoms with Crippen LogP contribution in [0.3, 0.4) is 0 Å². The SMILES string of the molecule is NC(=O)N=CO.[PoH2]. The molecule has 5 heteroatoms. The fourth-order valence-electron chi connectivity index (χ4n) is 0.0569. The molecule has 0 aliphatic heterocycles. The van der Waals surface area contributed by atoms with Gasteiger partial charge in [-0.1, -0.05) is 0 Å². The van der Waals surface area contributed by atoms with Crippen molar-refractivity contribution < 1.29 is 9.90 Å². The molecular formula is C2H6N2O2Po. The van der Waals surface area contributed by atoms with Crippen LogP contribution in [0.15, 0.2) is 4.99 Å². The summed E-state index contributed by atoms with van der Waals surface area (Å²) in [5.41, 5.74) is 4.41. The number of primary amides is 1. The van der Waals surface area contributed by atoms with E-state index in [0.717, 1.165) is 0 Å². The van der Waals surface area contributed by atoms with E-state index >= 15 is 0 Å². The zero-order valence-corrected chi connectivity index (χ0v) is 7.34. The predicted octanol–water partition coefficient (Wildman–Crippen LogP) is -1.26. The van der Waals surface area contributed by atoms with Crippen LogP contribution in [-0.4, -0.2) is 44.1 Å². The van der Waals surface area contributed by atoms with Gasteiger partial charge in [0.1, 0.15) is 0 Å². The van der Waals surface area contributed by atoms with E-state index < -0.39 is 6.03 Å². The van der Waals surface area contributed by atoms with Gasteiger partial charge < -0.3 is 10.8 Å². The summed E-state index contributed by atoms with van der Waals surface area (Å²) in [6, 6.07) is -0.891. The molecule has 0 saturated heterocycles. The Kier molecular flexibility index (Phi) is 8.30. The van der Waals surface area contributed by atoms with Gasteiger partial charge in [0, 0.05) is 0 Å². The quantitative estimate of drug-likeness (QED) is 0.432. The number of rotatable bonds is 0. The van der Waals surface area contributed by atoms with E-state index in [2.05, 4.69) is 10.7 Å². The first-order chi connectivity index (χ1) is 2.77. The minimum atomic E-state index is -0.891. The van der Waals surface area contributed by atoms with Gasteiger partial charge >= 0.3 is 32.6 Å². The van der Waals surface area contributed by atoms with Gasteiger partial charge in [0.05, 0.1) is 0 Å². The number of nitrogens with two attached hydrogens (primary N) is 1. The molecular weight excluding hydrogens is 293 g/mol. The maximum absolute atomic E-state index is 9.46. The fourth-order valence-corrected chi connectivity index (χ4v) is 0.0569. The molecule has 0 saturated carbocycles. The summed E-state index contributed by atoms with van der Waals surface area (Å²) in [5.74, 6) is 0. The van der Waals surface area contributed by atoms with Gasteiger partial charge in [0.2, 0.25) is 0 Å². The Morgan fingerprint density at radius 3 is 2.29 bits per heavy atom. The van der Waals surface area contributed by atoms with E-state index in [4.69, 9.17) is 5.11 Å². The number of amides is 2. The van der Waals surface area contributed by atoms with E-state index in [1.807, 2.05) is 0 Å². The van der Waals surface area contributed by atoms with Gasteiger partial charge in [-0.15, -0.1) is 0 Å². The molecule has 0 fully saturated rings. The van der Waals surface area contributed by atoms with E-state index in [0.29, 0.717) is 6.40 Å². The summed E-state index contributed by atoms with van der Waals surface area (Å²) in [6.07, 6.45) is 0.350. The van der Waals surface area contributed by atoms with Crippen LogP contribution in [-0.2, 0) is 0 Å². The van der Waals surface area contributed by atoms with Crippen molar-refractivity contribution in [2.45, 2.75) is 0 Å². The Morgan fingerprint density at radius 1 is 1.86 bits per heavy atom. The molecule has 4 nitrogen and oxygen atoms in total. The van der Waals surface area contributed by atoms with Crippen LogP contribution < -0.4 is 5.73 Å². The number of hydrogen-bond acceptors (Lipinski definition) is 1. The topological polar surface area (TPSA) is 75.7 Å². The van der Waals surface area contributed by atoms with Gasteiger partial charge in [-0.25, -0.2) is 4.79 Å². The molecule has 0 radical (unpaired) electrons. The van der Waals surface area contributed by atoms with Gasteiger partial charge in [0.25, 0.3) is 0 Å². The molecule has 3 N–H and O–H groups in total. The number of carbonyl (C=O) groups excluding carboxylic acids is 1. The van der Waals surface area contributed by atoms with E-state index in [-0.39, 0.29) is 26.6 Å². The number of hydrogen-bond donors (Lipinski definition) is 2. The van der Waals surface area contributed by atoms with Crippen molar-refractivity contribution in [2.75, 3.05) is 0 Å². The molecule has 0 rings (SSSR count). The summed E-state index contributed by atoms with van der Waals surface area (Å²) >= 11 is 0. The Bertz CT molecular complexity index is 81.8. The van der Waals surface area contributed by atoms with Gasteiger partial charge in [0.15, 0.2) is 6.40 Å². The summed E-state index contributed by atoms with van der Waals surface area (Å²) in [4.78, 5) is 12.2. The van der Waals surface area contributed by atoms with Crippen LogP contribution in [0.2, 0.25) is 0 Å². The molecule has 0 spiro atoms. The van der Waals surface area contributed by atoms with Gasteiger partial charge in [-0.05, 0) is 0 Å². The normalized spacial score (nSPS) is 8.00. The molecule has 7 heavy (non-hydrogen) atoms. The summed E-state index contributed by atoms with van der Waals surface area (Å²) < 4.78 is 0. The monoisotopic (exact) mass is 299 g/mol. The number of aliphatic hydroxyl groups is 1. The molecule has 0 unspecified atom stereocenters. The van der Waals surface area contributed by atoms with Crippen LogP contribution in [0.4, 0.5) is 4.79 Å². The van der Waals surface area contributed by atoms with Crippen LogP contribution in [0.5, 0.6) is 0 Å². The molecule has 0 aromatic carbocycles. The molecule has 0 aromatic heterocycles. The van der Waals surface area contributed by atoms with Gasteiger partial charge in [-0.3, -0.25) is 0 Å². The Hall–Kier alpha value is -0.164. The van der Waals surface area contributed by atoms with Gasteiger partial charge in [-0.2, -0.15) is 4.99 Å². The van der Waals surface area contributed by atoms with Crippen molar-refractivity contribution in [3.63, 3.8) is 0 Å². The number of nitrogens with zero attached hydrogens (tertiary/aromatic N) is 1. The summed E-state index contributed by atoms with van der Waals surface area (Å²) in [6.45, 7) is 0. The van der Waals surface area contributed by atoms with E-state index in [1.54, 1.807) is 0 Å². The van der Waals surface area contributed by atoms with Crippen molar-refractivity contribution in [1.82, 2.24) is 0 Å². The second kappa shape index (κ2) is 5.84. The summed E-state index contributed by atoms with van der Waals surface area (Å²) in [7, 11) is 0. The van der Waals surface area contributed by atoms with Crippen molar-refractivity contribution in [2.24, 2.45) is 10.7 Å². The molecule has 0 aliphatic rings. The first kappa shape index (κ1) is 9.96. The third-order valence-corrected chi connectivity index (χ3v) is 0.185. The molecule has 0 aliphatic carbocycles. The first-order valence-corrected chi connectivity index (χ1v) is 1.23. The molecule has 0 heterocycles. The minimum absolute atomic E-state index is 0. The maximum atomic E-state index is 9.46. The van der Waals surface area contributed by atoms with Crippen LogP contribution >= 0.6 is 0 Å². The zero-order valence-electron chi connectivity index (χ0n) is 3.46. The van der Waals surface area contributed by atoms with Crippen LogP contribution in [0.25, 0.3) is 0 Å². The number of aliphatic hydroxyl groups excluding tert-OH is 1. The van der Waals surface area contributed by atoms with E-state index in [1.165, 1.54) is 0 Å². The third-order valence-electron chi connectivity index (χ3n) is 0.185. The van der Waals surface area contributed by atoms with Crippen molar-refractivity contribution in [3.05, 3.63) is 0 Å². The Morgan fingerprint density at radius 2 is 2.29 bits per heavy atom. The van der Waals surface area contributed by atoms with Crippen molar-refractivity contribution in [3.8, 4) is 0 Å². The second-order valence-corrected chi connectivity index (χ2v) is 0.583. The first-order valence-electron chi connectivity index (χ1n) is 1.23. The fraction of sp³-hybridized carbons (Fsp3) is 0. The molecule has 0 bridgehead atoms. The summed E-state index contributed by atoms with van der Waals surface area (Å²) in [5, 5.41) is 7.64. The van der Waals surface area contributed by atoms with E-state index in [9.17, 15) is 4.79 Å². The molecule has 42 valence electrons. The second-order valence-electron chi connectivity index (χ2n) is 0.583. The molecule has 0 aromatic rings.